The van der Waals surface area contributed by atoms with Crippen LogP contribution in [0.25, 0.3) is 10.8 Å². The number of nitrogens with zero attached hydrogens (tertiary/aromatic N) is 3. The maximum atomic E-state index is 10.5. The summed E-state index contributed by atoms with van der Waals surface area (Å²) in [5.74, 6) is 0.0193. The molecule has 0 atom stereocenters. The number of hydrogen-bond donors (Lipinski definition) is 1. The molecule has 0 spiro atoms. The van der Waals surface area contributed by atoms with Gasteiger partial charge in [0.1, 0.15) is 0 Å². The van der Waals surface area contributed by atoms with Crippen molar-refractivity contribution in [3.8, 4) is 0 Å². The van der Waals surface area contributed by atoms with Gasteiger partial charge in [0, 0.05) is 30.8 Å². The van der Waals surface area contributed by atoms with E-state index < -0.39 is 5.97 Å². The molecule has 0 bridgehead atoms. The van der Waals surface area contributed by atoms with Crippen LogP contribution in [0.15, 0.2) is 30.5 Å². The second kappa shape index (κ2) is 5.44. The van der Waals surface area contributed by atoms with Gasteiger partial charge in [0.05, 0.1) is 6.20 Å². The van der Waals surface area contributed by atoms with Crippen LogP contribution in [-0.2, 0) is 4.79 Å². The number of hydrogen-bond acceptors (Lipinski definition) is 4. The van der Waals surface area contributed by atoms with E-state index in [1.165, 1.54) is 0 Å². The Kier molecular flexibility index (Phi) is 3.72. The lowest BCUT2D eigenvalue weighted by molar-refractivity contribution is -0.137. The van der Waals surface area contributed by atoms with Crippen molar-refractivity contribution >= 4 is 22.6 Å². The van der Waals surface area contributed by atoms with Crippen LogP contribution < -0.4 is 4.90 Å². The highest BCUT2D eigenvalue weighted by molar-refractivity contribution is 5.91. The highest BCUT2D eigenvalue weighted by atomic mass is 16.4. The zero-order valence-corrected chi connectivity index (χ0v) is 10.2. The predicted octanol–water partition coefficient (Wildman–Crippen LogP) is 1.93. The third-order valence-corrected chi connectivity index (χ3v) is 2.80. The van der Waals surface area contributed by atoms with Gasteiger partial charge in [0.15, 0.2) is 5.82 Å². The number of anilines is 1. The molecule has 5 heteroatoms. The topological polar surface area (TPSA) is 66.3 Å². The van der Waals surface area contributed by atoms with Gasteiger partial charge in [-0.2, -0.15) is 5.10 Å². The van der Waals surface area contributed by atoms with E-state index in [-0.39, 0.29) is 6.42 Å². The molecule has 0 aliphatic heterocycles. The van der Waals surface area contributed by atoms with Crippen LogP contribution in [-0.4, -0.2) is 34.9 Å². The van der Waals surface area contributed by atoms with Gasteiger partial charge < -0.3 is 10.0 Å². The predicted molar refractivity (Wildman–Crippen MR) is 69.7 cm³/mol. The van der Waals surface area contributed by atoms with Gasteiger partial charge in [-0.1, -0.05) is 24.3 Å². The number of aliphatic carboxylic acids is 1. The van der Waals surface area contributed by atoms with Gasteiger partial charge in [-0.25, -0.2) is 0 Å². The highest BCUT2D eigenvalue weighted by Gasteiger charge is 2.08. The SMILES string of the molecule is CN(CCCC(=O)O)c1nncc2ccccc12. The number of carboxylic acid groups (broad SMARTS) is 1. The number of carbonyl (C=O) groups is 1. The van der Waals surface area contributed by atoms with Crippen molar-refractivity contribution in [2.75, 3.05) is 18.5 Å². The average molecular weight is 245 g/mol. The summed E-state index contributed by atoms with van der Waals surface area (Å²) in [6, 6.07) is 7.89. The van der Waals surface area contributed by atoms with Crippen LogP contribution in [0.4, 0.5) is 5.82 Å². The van der Waals surface area contributed by atoms with Crippen LogP contribution in [0.5, 0.6) is 0 Å². The first-order chi connectivity index (χ1) is 8.68. The molecule has 2 rings (SSSR count). The van der Waals surface area contributed by atoms with Gasteiger partial charge in [-0.05, 0) is 6.42 Å². The van der Waals surface area contributed by atoms with Gasteiger partial charge >= 0.3 is 5.97 Å². The molecule has 0 fully saturated rings. The molecule has 1 N–H and O–H groups in total. The summed E-state index contributed by atoms with van der Waals surface area (Å²) in [7, 11) is 1.90. The molecule has 0 aliphatic rings. The summed E-state index contributed by atoms with van der Waals surface area (Å²) in [6.07, 6.45) is 2.49. The summed E-state index contributed by atoms with van der Waals surface area (Å²) in [5, 5.41) is 18.8. The van der Waals surface area contributed by atoms with Gasteiger partial charge in [-0.3, -0.25) is 4.79 Å². The summed E-state index contributed by atoms with van der Waals surface area (Å²) >= 11 is 0. The Balaban J connectivity index is 2.17. The fourth-order valence-electron chi connectivity index (χ4n) is 1.87. The minimum Gasteiger partial charge on any atom is -0.481 e. The van der Waals surface area contributed by atoms with E-state index in [2.05, 4.69) is 10.2 Å². The van der Waals surface area contributed by atoms with Gasteiger partial charge in [-0.15, -0.1) is 5.10 Å². The molecule has 0 aliphatic carbocycles. The van der Waals surface area contributed by atoms with Crippen molar-refractivity contribution in [1.29, 1.82) is 0 Å². The number of benzene rings is 1. The summed E-state index contributed by atoms with van der Waals surface area (Å²) < 4.78 is 0. The Morgan fingerprint density at radius 1 is 1.39 bits per heavy atom. The van der Waals surface area contributed by atoms with E-state index in [4.69, 9.17) is 5.11 Å². The summed E-state index contributed by atoms with van der Waals surface area (Å²) in [6.45, 7) is 0.648. The fourth-order valence-corrected chi connectivity index (χ4v) is 1.87. The van der Waals surface area contributed by atoms with Gasteiger partial charge in [0.2, 0.25) is 0 Å². The molecule has 94 valence electrons. The van der Waals surface area contributed by atoms with E-state index in [0.717, 1.165) is 16.6 Å². The van der Waals surface area contributed by atoms with Crippen LogP contribution >= 0.6 is 0 Å². The Bertz CT molecular complexity index is 551. The normalized spacial score (nSPS) is 10.5. The molecule has 1 aromatic heterocycles. The molecule has 0 amide bonds. The Morgan fingerprint density at radius 3 is 2.94 bits per heavy atom. The molecule has 1 heterocycles. The molecule has 2 aromatic rings. The van der Waals surface area contributed by atoms with Crippen LogP contribution in [0, 0.1) is 0 Å². The van der Waals surface area contributed by atoms with E-state index >= 15 is 0 Å². The van der Waals surface area contributed by atoms with Crippen molar-refractivity contribution in [3.63, 3.8) is 0 Å². The molecule has 0 unspecified atom stereocenters. The first kappa shape index (κ1) is 12.3. The number of aromatic nitrogens is 2. The largest absolute Gasteiger partial charge is 0.481 e. The Morgan fingerprint density at radius 2 is 2.17 bits per heavy atom. The number of rotatable bonds is 5. The molecular weight excluding hydrogens is 230 g/mol. The molecule has 0 saturated carbocycles. The van der Waals surface area contributed by atoms with E-state index in [1.54, 1.807) is 6.20 Å². The standard InChI is InChI=1S/C13H15N3O2/c1-16(8-4-7-12(17)18)13-11-6-3-2-5-10(11)9-14-15-13/h2-3,5-6,9H,4,7-8H2,1H3,(H,17,18). The first-order valence-corrected chi connectivity index (χ1v) is 5.82. The average Bonchev–Trinajstić information content (AvgIpc) is 2.37. The van der Waals surface area contributed by atoms with Crippen molar-refractivity contribution in [3.05, 3.63) is 30.5 Å². The van der Waals surface area contributed by atoms with Crippen molar-refractivity contribution in [2.24, 2.45) is 0 Å². The molecular formula is C13H15N3O2. The maximum Gasteiger partial charge on any atom is 0.303 e. The van der Waals surface area contributed by atoms with Crippen LogP contribution in [0.2, 0.25) is 0 Å². The molecule has 5 nitrogen and oxygen atoms in total. The maximum absolute atomic E-state index is 10.5. The highest BCUT2D eigenvalue weighted by Crippen LogP contribution is 2.22. The number of fused-ring (bicyclic) bond motifs is 1. The first-order valence-electron chi connectivity index (χ1n) is 5.82. The lowest BCUT2D eigenvalue weighted by Gasteiger charge is -2.18. The third kappa shape index (κ3) is 2.74. The molecule has 1 aromatic carbocycles. The van der Waals surface area contributed by atoms with Crippen molar-refractivity contribution in [1.82, 2.24) is 10.2 Å². The van der Waals surface area contributed by atoms with Crippen molar-refractivity contribution < 1.29 is 9.90 Å². The second-order valence-corrected chi connectivity index (χ2v) is 4.17. The molecule has 0 saturated heterocycles. The summed E-state index contributed by atoms with van der Waals surface area (Å²) in [5.41, 5.74) is 0. The lowest BCUT2D eigenvalue weighted by Crippen LogP contribution is -2.21. The fraction of sp³-hybridized carbons (Fsp3) is 0.308. The Hall–Kier alpha value is -2.17. The Labute approximate surface area is 105 Å². The van der Waals surface area contributed by atoms with Crippen LogP contribution in [0.1, 0.15) is 12.8 Å². The smallest absolute Gasteiger partial charge is 0.303 e. The van der Waals surface area contributed by atoms with E-state index in [9.17, 15) is 4.79 Å². The zero-order chi connectivity index (χ0) is 13.0. The minimum atomic E-state index is -0.771. The molecule has 18 heavy (non-hydrogen) atoms. The minimum absolute atomic E-state index is 0.169. The lowest BCUT2D eigenvalue weighted by atomic mass is 10.2. The summed E-state index contributed by atoms with van der Waals surface area (Å²) in [4.78, 5) is 12.4. The zero-order valence-electron chi connectivity index (χ0n) is 10.2. The monoisotopic (exact) mass is 245 g/mol. The van der Waals surface area contributed by atoms with E-state index in [0.29, 0.717) is 13.0 Å². The third-order valence-electron chi connectivity index (χ3n) is 2.80. The van der Waals surface area contributed by atoms with Crippen molar-refractivity contribution in [2.45, 2.75) is 12.8 Å². The van der Waals surface area contributed by atoms with Gasteiger partial charge in [0.25, 0.3) is 0 Å². The second-order valence-electron chi connectivity index (χ2n) is 4.17. The molecule has 0 radical (unpaired) electrons. The number of carboxylic acids is 1. The van der Waals surface area contributed by atoms with E-state index in [1.807, 2.05) is 36.2 Å². The quantitative estimate of drug-likeness (QED) is 0.871. The van der Waals surface area contributed by atoms with Crippen LogP contribution in [0.3, 0.4) is 0 Å².